The highest BCUT2D eigenvalue weighted by atomic mass is 16.3. The van der Waals surface area contributed by atoms with E-state index in [0.29, 0.717) is 12.8 Å². The second kappa shape index (κ2) is 3.94. The Morgan fingerprint density at radius 2 is 2.23 bits per heavy atom. The lowest BCUT2D eigenvalue weighted by Gasteiger charge is -2.05. The molecule has 0 aliphatic rings. The van der Waals surface area contributed by atoms with Gasteiger partial charge in [-0.1, -0.05) is 12.1 Å². The van der Waals surface area contributed by atoms with Gasteiger partial charge in [-0.25, -0.2) is 0 Å². The average Bonchev–Trinajstić information content (AvgIpc) is 2.07. The van der Waals surface area contributed by atoms with E-state index in [9.17, 15) is 9.90 Å². The number of carbonyl (C=O) groups excluding carboxylic acids is 1. The highest BCUT2D eigenvalue weighted by Gasteiger charge is 2.03. The summed E-state index contributed by atoms with van der Waals surface area (Å²) in [5.41, 5.74) is 6.82. The molecule has 0 atom stereocenters. The number of aryl methyl sites for hydroxylation is 1. The van der Waals surface area contributed by atoms with E-state index in [1.54, 1.807) is 12.1 Å². The summed E-state index contributed by atoms with van der Waals surface area (Å²) < 4.78 is 0. The van der Waals surface area contributed by atoms with E-state index in [0.717, 1.165) is 11.1 Å². The highest BCUT2D eigenvalue weighted by Crippen LogP contribution is 2.20. The Morgan fingerprint density at radius 1 is 1.54 bits per heavy atom. The summed E-state index contributed by atoms with van der Waals surface area (Å²) in [6.45, 7) is 1.83. The third-order valence-electron chi connectivity index (χ3n) is 2.06. The van der Waals surface area contributed by atoms with Crippen molar-refractivity contribution in [1.29, 1.82) is 0 Å². The zero-order valence-corrected chi connectivity index (χ0v) is 7.58. The number of nitrogens with two attached hydrogens (primary N) is 1. The zero-order valence-electron chi connectivity index (χ0n) is 7.58. The molecule has 0 bridgehead atoms. The summed E-state index contributed by atoms with van der Waals surface area (Å²) in [5.74, 6) is -0.0512. The predicted molar refractivity (Wildman–Crippen MR) is 50.4 cm³/mol. The summed E-state index contributed by atoms with van der Waals surface area (Å²) in [6.07, 6.45) is 0.917. The van der Waals surface area contributed by atoms with Crippen molar-refractivity contribution < 1.29 is 9.90 Å². The van der Waals surface area contributed by atoms with Crippen molar-refractivity contribution >= 4 is 5.91 Å². The Bertz CT molecular complexity index is 321. The number of phenolic OH excluding ortho intramolecular Hbond substituents is 1. The second-order valence-electron chi connectivity index (χ2n) is 3.03. The number of phenols is 1. The first-order valence-electron chi connectivity index (χ1n) is 4.17. The van der Waals surface area contributed by atoms with Crippen LogP contribution in [0.25, 0.3) is 0 Å². The fraction of sp³-hybridized carbons (Fsp3) is 0.300. The predicted octanol–water partition coefficient (Wildman–Crippen LogP) is 1.12. The monoisotopic (exact) mass is 179 g/mol. The number of benzene rings is 1. The number of carbonyl (C=O) groups is 1. The van der Waals surface area contributed by atoms with E-state index in [1.165, 1.54) is 0 Å². The molecule has 3 heteroatoms. The number of rotatable bonds is 3. The van der Waals surface area contributed by atoms with E-state index in [-0.39, 0.29) is 11.7 Å². The number of hydrogen-bond acceptors (Lipinski definition) is 2. The Hall–Kier alpha value is -1.51. The van der Waals surface area contributed by atoms with Crippen LogP contribution in [0.4, 0.5) is 0 Å². The third-order valence-corrected chi connectivity index (χ3v) is 2.06. The molecule has 3 nitrogen and oxygen atoms in total. The molecule has 0 radical (unpaired) electrons. The van der Waals surface area contributed by atoms with Gasteiger partial charge in [0, 0.05) is 6.42 Å². The molecule has 0 unspecified atom stereocenters. The highest BCUT2D eigenvalue weighted by molar-refractivity contribution is 5.74. The van der Waals surface area contributed by atoms with Crippen LogP contribution in [0.2, 0.25) is 0 Å². The molecule has 0 spiro atoms. The Kier molecular flexibility index (Phi) is 2.90. The standard InChI is InChI=1S/C10H13NO2/c1-7-8(5-6-10(11)13)3-2-4-9(7)12/h2-4,12H,5-6H2,1H3,(H2,11,13). The van der Waals surface area contributed by atoms with Crippen molar-refractivity contribution in [3.05, 3.63) is 29.3 Å². The van der Waals surface area contributed by atoms with Gasteiger partial charge in [0.05, 0.1) is 0 Å². The molecule has 13 heavy (non-hydrogen) atoms. The molecule has 0 aliphatic heterocycles. The molecule has 1 rings (SSSR count). The van der Waals surface area contributed by atoms with Gasteiger partial charge in [0.2, 0.25) is 5.91 Å². The minimum Gasteiger partial charge on any atom is -0.508 e. The summed E-state index contributed by atoms with van der Waals surface area (Å²) in [6, 6.07) is 5.28. The van der Waals surface area contributed by atoms with Crippen LogP contribution < -0.4 is 5.73 Å². The van der Waals surface area contributed by atoms with Gasteiger partial charge in [0.1, 0.15) is 5.75 Å². The van der Waals surface area contributed by atoms with Gasteiger partial charge in [-0.3, -0.25) is 4.79 Å². The molecular weight excluding hydrogens is 166 g/mol. The van der Waals surface area contributed by atoms with Crippen LogP contribution in [0.5, 0.6) is 5.75 Å². The Labute approximate surface area is 77.2 Å². The minimum atomic E-state index is -0.317. The Balaban J connectivity index is 2.77. The first-order chi connectivity index (χ1) is 6.11. The topological polar surface area (TPSA) is 63.3 Å². The van der Waals surface area contributed by atoms with E-state index < -0.39 is 0 Å². The van der Waals surface area contributed by atoms with E-state index in [1.807, 2.05) is 13.0 Å². The average molecular weight is 179 g/mol. The van der Waals surface area contributed by atoms with Gasteiger partial charge in [0.15, 0.2) is 0 Å². The maximum absolute atomic E-state index is 10.5. The third kappa shape index (κ3) is 2.47. The first-order valence-corrected chi connectivity index (χ1v) is 4.17. The molecule has 0 saturated carbocycles. The summed E-state index contributed by atoms with van der Waals surface area (Å²) in [4.78, 5) is 10.5. The maximum atomic E-state index is 10.5. The molecule has 1 aromatic carbocycles. The van der Waals surface area contributed by atoms with E-state index >= 15 is 0 Å². The van der Waals surface area contributed by atoms with Gasteiger partial charge in [0.25, 0.3) is 0 Å². The van der Waals surface area contributed by atoms with Crippen molar-refractivity contribution in [1.82, 2.24) is 0 Å². The first kappa shape index (κ1) is 9.58. The fourth-order valence-corrected chi connectivity index (χ4v) is 1.20. The molecule has 1 amide bonds. The summed E-state index contributed by atoms with van der Waals surface area (Å²) >= 11 is 0. The van der Waals surface area contributed by atoms with E-state index in [2.05, 4.69) is 0 Å². The number of primary amides is 1. The van der Waals surface area contributed by atoms with Gasteiger partial charge in [-0.05, 0) is 30.5 Å². The quantitative estimate of drug-likeness (QED) is 0.730. The van der Waals surface area contributed by atoms with Crippen LogP contribution in [-0.2, 0) is 11.2 Å². The molecule has 0 fully saturated rings. The number of hydrogen-bond donors (Lipinski definition) is 2. The molecule has 0 aromatic heterocycles. The van der Waals surface area contributed by atoms with Crippen LogP contribution in [0, 0.1) is 6.92 Å². The summed E-state index contributed by atoms with van der Waals surface area (Å²) in [5, 5.41) is 9.35. The van der Waals surface area contributed by atoms with Crippen LogP contribution in [-0.4, -0.2) is 11.0 Å². The Morgan fingerprint density at radius 3 is 2.85 bits per heavy atom. The molecule has 0 heterocycles. The zero-order chi connectivity index (χ0) is 9.84. The van der Waals surface area contributed by atoms with Crippen molar-refractivity contribution in [2.24, 2.45) is 5.73 Å². The molecule has 0 saturated heterocycles. The normalized spacial score (nSPS) is 9.92. The van der Waals surface area contributed by atoms with E-state index in [4.69, 9.17) is 5.73 Å². The summed E-state index contributed by atoms with van der Waals surface area (Å²) in [7, 11) is 0. The van der Waals surface area contributed by atoms with Crippen LogP contribution in [0.15, 0.2) is 18.2 Å². The smallest absolute Gasteiger partial charge is 0.217 e. The van der Waals surface area contributed by atoms with Gasteiger partial charge in [-0.15, -0.1) is 0 Å². The molecule has 3 N–H and O–H groups in total. The maximum Gasteiger partial charge on any atom is 0.217 e. The minimum absolute atomic E-state index is 0.266. The van der Waals surface area contributed by atoms with Crippen molar-refractivity contribution in [3.8, 4) is 5.75 Å². The van der Waals surface area contributed by atoms with Crippen molar-refractivity contribution in [2.45, 2.75) is 19.8 Å². The van der Waals surface area contributed by atoms with Crippen LogP contribution >= 0.6 is 0 Å². The SMILES string of the molecule is Cc1c(O)cccc1CCC(N)=O. The fourth-order valence-electron chi connectivity index (χ4n) is 1.20. The molecule has 0 aliphatic carbocycles. The largest absolute Gasteiger partial charge is 0.508 e. The van der Waals surface area contributed by atoms with Crippen molar-refractivity contribution in [2.75, 3.05) is 0 Å². The number of amides is 1. The molecular formula is C10H13NO2. The van der Waals surface area contributed by atoms with Crippen LogP contribution in [0.3, 0.4) is 0 Å². The lowest BCUT2D eigenvalue weighted by Crippen LogP contribution is -2.11. The molecule has 1 aromatic rings. The second-order valence-corrected chi connectivity index (χ2v) is 3.03. The lowest BCUT2D eigenvalue weighted by molar-refractivity contribution is -0.117. The van der Waals surface area contributed by atoms with Gasteiger partial charge in [-0.2, -0.15) is 0 Å². The van der Waals surface area contributed by atoms with Crippen molar-refractivity contribution in [3.63, 3.8) is 0 Å². The lowest BCUT2D eigenvalue weighted by atomic mass is 10.0. The van der Waals surface area contributed by atoms with Gasteiger partial charge < -0.3 is 10.8 Å². The number of aromatic hydroxyl groups is 1. The molecule has 70 valence electrons. The van der Waals surface area contributed by atoms with Crippen LogP contribution in [0.1, 0.15) is 17.5 Å². The van der Waals surface area contributed by atoms with Gasteiger partial charge >= 0.3 is 0 Å².